The quantitative estimate of drug-likeness (QED) is 0.938. The molecule has 2 N–H and O–H groups in total. The molecule has 1 atom stereocenters. The first kappa shape index (κ1) is 16.0. The molecule has 1 aliphatic rings. The third kappa shape index (κ3) is 2.82. The van der Waals surface area contributed by atoms with Gasteiger partial charge in [-0.2, -0.15) is 0 Å². The molecule has 6 nitrogen and oxygen atoms in total. The van der Waals surface area contributed by atoms with Crippen LogP contribution < -0.4 is 10.5 Å². The molecule has 1 amide bonds. The molecule has 0 spiro atoms. The van der Waals surface area contributed by atoms with Gasteiger partial charge in [0.2, 0.25) is 5.91 Å². The maximum atomic E-state index is 12.2. The van der Waals surface area contributed by atoms with Gasteiger partial charge in [0.25, 0.3) is 0 Å². The van der Waals surface area contributed by atoms with Crippen LogP contribution in [0.1, 0.15) is 18.9 Å². The number of pyridine rings is 1. The van der Waals surface area contributed by atoms with Crippen LogP contribution >= 0.6 is 0 Å². The number of hydrogen-bond acceptors (Lipinski definition) is 5. The maximum absolute atomic E-state index is 12.2. The van der Waals surface area contributed by atoms with Crippen LogP contribution in [0, 0.1) is 0 Å². The van der Waals surface area contributed by atoms with E-state index in [0.717, 1.165) is 16.7 Å². The van der Waals surface area contributed by atoms with Crippen LogP contribution in [0.3, 0.4) is 0 Å². The van der Waals surface area contributed by atoms with Gasteiger partial charge in [-0.1, -0.05) is 18.2 Å². The van der Waals surface area contributed by atoms with Crippen molar-refractivity contribution in [2.75, 3.05) is 14.2 Å². The van der Waals surface area contributed by atoms with Crippen molar-refractivity contribution in [3.63, 3.8) is 0 Å². The zero-order valence-electron chi connectivity index (χ0n) is 14.0. The number of hydrogen-bond donors (Lipinski definition) is 1. The summed E-state index contributed by atoms with van der Waals surface area (Å²) in [5, 5.41) is 0. The highest BCUT2D eigenvalue weighted by atomic mass is 16.5. The second kappa shape index (κ2) is 5.96. The fraction of sp³-hybridized carbons (Fsp3) is 0.278. The van der Waals surface area contributed by atoms with Crippen LogP contribution in [-0.2, 0) is 10.3 Å². The Labute approximate surface area is 141 Å². The molecule has 0 aliphatic carbocycles. The predicted molar refractivity (Wildman–Crippen MR) is 92.6 cm³/mol. The lowest BCUT2D eigenvalue weighted by molar-refractivity contribution is -0.128. The van der Waals surface area contributed by atoms with Crippen molar-refractivity contribution < 1.29 is 9.53 Å². The Morgan fingerprint density at radius 2 is 2.04 bits per heavy atom. The number of aliphatic imine (C=N–C) groups is 1. The molecular formula is C18H20N4O2. The Hall–Kier alpha value is -2.89. The minimum Gasteiger partial charge on any atom is -0.495 e. The average molecular weight is 324 g/mol. The lowest BCUT2D eigenvalue weighted by Crippen LogP contribution is -2.47. The number of aromatic nitrogens is 1. The number of benzene rings is 1. The molecule has 1 aromatic carbocycles. The summed E-state index contributed by atoms with van der Waals surface area (Å²) < 4.78 is 5.23. The van der Waals surface area contributed by atoms with Crippen LogP contribution in [0.5, 0.6) is 5.75 Å². The number of nitrogens with two attached hydrogens (primary N) is 1. The third-order valence-electron chi connectivity index (χ3n) is 4.34. The number of nitrogens with zero attached hydrogens (tertiary/aromatic N) is 3. The zero-order chi connectivity index (χ0) is 17.3. The van der Waals surface area contributed by atoms with Gasteiger partial charge in [0.15, 0.2) is 5.96 Å². The van der Waals surface area contributed by atoms with Crippen molar-refractivity contribution >= 4 is 11.9 Å². The predicted octanol–water partition coefficient (Wildman–Crippen LogP) is 2.15. The van der Waals surface area contributed by atoms with Gasteiger partial charge in [-0.25, -0.2) is 4.99 Å². The average Bonchev–Trinajstić information content (AvgIpc) is 2.60. The van der Waals surface area contributed by atoms with E-state index < -0.39 is 5.54 Å². The summed E-state index contributed by atoms with van der Waals surface area (Å²) in [5.74, 6) is 0.890. The molecule has 6 heteroatoms. The second-order valence-electron chi connectivity index (χ2n) is 6.07. The van der Waals surface area contributed by atoms with E-state index in [9.17, 15) is 4.79 Å². The van der Waals surface area contributed by atoms with Crippen molar-refractivity contribution in [2.24, 2.45) is 10.7 Å². The second-order valence-corrected chi connectivity index (χ2v) is 6.07. The Morgan fingerprint density at radius 1 is 1.25 bits per heavy atom. The van der Waals surface area contributed by atoms with Gasteiger partial charge in [-0.05, 0) is 30.2 Å². The Balaban J connectivity index is 2.03. The molecule has 0 saturated heterocycles. The van der Waals surface area contributed by atoms with Gasteiger partial charge in [0, 0.05) is 18.8 Å². The van der Waals surface area contributed by atoms with Crippen molar-refractivity contribution in [3.8, 4) is 16.9 Å². The molecule has 3 rings (SSSR count). The summed E-state index contributed by atoms with van der Waals surface area (Å²) in [6.45, 7) is 1.92. The summed E-state index contributed by atoms with van der Waals surface area (Å²) in [6, 6.07) is 9.85. The highest BCUT2D eigenvalue weighted by molar-refractivity contribution is 5.98. The van der Waals surface area contributed by atoms with Gasteiger partial charge in [0.05, 0.1) is 25.3 Å². The van der Waals surface area contributed by atoms with Crippen LogP contribution in [0.15, 0.2) is 47.7 Å². The van der Waals surface area contributed by atoms with E-state index in [1.165, 1.54) is 4.90 Å². The lowest BCUT2D eigenvalue weighted by Gasteiger charge is -2.33. The van der Waals surface area contributed by atoms with Crippen molar-refractivity contribution in [3.05, 3.63) is 48.3 Å². The topological polar surface area (TPSA) is 80.8 Å². The minimum atomic E-state index is -0.671. The molecular weight excluding hydrogens is 304 g/mol. The molecule has 0 saturated carbocycles. The van der Waals surface area contributed by atoms with Crippen molar-refractivity contribution in [1.82, 2.24) is 9.88 Å². The van der Waals surface area contributed by atoms with Gasteiger partial charge in [-0.15, -0.1) is 0 Å². The Bertz CT molecular complexity index is 818. The summed E-state index contributed by atoms with van der Waals surface area (Å²) >= 11 is 0. The molecule has 124 valence electrons. The summed E-state index contributed by atoms with van der Waals surface area (Å²) in [4.78, 5) is 22.3. The number of carbonyl (C=O) groups is 1. The van der Waals surface area contributed by atoms with Gasteiger partial charge in [0.1, 0.15) is 5.75 Å². The molecule has 2 aromatic rings. The molecule has 24 heavy (non-hydrogen) atoms. The van der Waals surface area contributed by atoms with Crippen LogP contribution in [0.25, 0.3) is 11.1 Å². The minimum absolute atomic E-state index is 0.0431. The van der Waals surface area contributed by atoms with E-state index in [1.54, 1.807) is 26.6 Å². The van der Waals surface area contributed by atoms with E-state index in [-0.39, 0.29) is 18.3 Å². The number of carbonyl (C=O) groups excluding carboxylic acids is 1. The van der Waals surface area contributed by atoms with E-state index >= 15 is 0 Å². The lowest BCUT2D eigenvalue weighted by atomic mass is 9.86. The summed E-state index contributed by atoms with van der Waals surface area (Å²) in [5.41, 5.74) is 8.09. The first-order valence-corrected chi connectivity index (χ1v) is 7.65. The molecule has 1 unspecified atom stereocenters. The maximum Gasteiger partial charge on any atom is 0.231 e. The number of rotatable bonds is 3. The summed E-state index contributed by atoms with van der Waals surface area (Å²) in [6.07, 6.45) is 3.72. The molecule has 0 radical (unpaired) electrons. The highest BCUT2D eigenvalue weighted by Gasteiger charge is 2.36. The number of guanidine groups is 1. The number of methoxy groups -OCH3 is 1. The van der Waals surface area contributed by atoms with Crippen LogP contribution in [0.2, 0.25) is 0 Å². The zero-order valence-corrected chi connectivity index (χ0v) is 14.0. The van der Waals surface area contributed by atoms with E-state index in [4.69, 9.17) is 10.5 Å². The first-order valence-electron chi connectivity index (χ1n) is 7.65. The largest absolute Gasteiger partial charge is 0.495 e. The highest BCUT2D eigenvalue weighted by Crippen LogP contribution is 2.35. The molecule has 0 bridgehead atoms. The number of ether oxygens (including phenoxy) is 1. The Kier molecular flexibility index (Phi) is 3.97. The van der Waals surface area contributed by atoms with E-state index in [0.29, 0.717) is 5.75 Å². The normalized spacial score (nSPS) is 20.7. The monoisotopic (exact) mass is 324 g/mol. The fourth-order valence-corrected chi connectivity index (χ4v) is 2.80. The van der Waals surface area contributed by atoms with Gasteiger partial charge < -0.3 is 10.5 Å². The van der Waals surface area contributed by atoms with E-state index in [2.05, 4.69) is 9.98 Å². The van der Waals surface area contributed by atoms with Crippen molar-refractivity contribution in [1.29, 1.82) is 0 Å². The SMILES string of the molecule is COc1cncc(-c2cccc(C3(C)CC(=O)N(C)C(N)=N3)c2)c1. The smallest absolute Gasteiger partial charge is 0.231 e. The van der Waals surface area contributed by atoms with Gasteiger partial charge >= 0.3 is 0 Å². The molecule has 1 aromatic heterocycles. The third-order valence-corrected chi connectivity index (χ3v) is 4.34. The molecule has 0 fully saturated rings. The number of amides is 1. The van der Waals surface area contributed by atoms with Gasteiger partial charge in [-0.3, -0.25) is 14.7 Å². The first-order chi connectivity index (χ1) is 11.4. The molecule has 2 heterocycles. The summed E-state index contributed by atoms with van der Waals surface area (Å²) in [7, 11) is 3.25. The molecule has 1 aliphatic heterocycles. The van der Waals surface area contributed by atoms with E-state index in [1.807, 2.05) is 37.3 Å². The fourth-order valence-electron chi connectivity index (χ4n) is 2.80. The van der Waals surface area contributed by atoms with Crippen LogP contribution in [0.4, 0.5) is 0 Å². The van der Waals surface area contributed by atoms with Crippen molar-refractivity contribution in [2.45, 2.75) is 18.9 Å². The standard InChI is InChI=1S/C18H20N4O2/c1-18(9-16(23)22(2)17(19)21-18)14-6-4-5-12(7-14)13-8-15(24-3)11-20-10-13/h4-8,10-11H,9H2,1-3H3,(H2,19,21). The Morgan fingerprint density at radius 3 is 2.75 bits per heavy atom. The van der Waals surface area contributed by atoms with Crippen LogP contribution in [-0.4, -0.2) is 35.9 Å².